The van der Waals surface area contributed by atoms with Gasteiger partial charge in [-0.1, -0.05) is 29.8 Å². The molecule has 0 unspecified atom stereocenters. The van der Waals surface area contributed by atoms with Crippen LogP contribution in [0.2, 0.25) is 0 Å². The summed E-state index contributed by atoms with van der Waals surface area (Å²) in [6, 6.07) is 10.9. The fraction of sp³-hybridized carbons (Fsp3) is 0.0667. The van der Waals surface area contributed by atoms with Crippen LogP contribution in [0.1, 0.15) is 5.56 Å². The van der Waals surface area contributed by atoms with Crippen LogP contribution in [0.3, 0.4) is 0 Å². The second-order valence-electron chi connectivity index (χ2n) is 4.73. The maximum absolute atomic E-state index is 14.1. The van der Waals surface area contributed by atoms with Crippen molar-refractivity contribution in [2.75, 3.05) is 0 Å². The molecule has 0 spiro atoms. The highest BCUT2D eigenvalue weighted by Gasteiger charge is 2.22. The lowest BCUT2D eigenvalue weighted by Crippen LogP contribution is -2.12. The first-order chi connectivity index (χ1) is 9.91. The SMILES string of the molecule is Cc1ccc(S(=O)(=O)n2cc(Br)c3cccc(F)c32)cc1. The van der Waals surface area contributed by atoms with Gasteiger partial charge in [0, 0.05) is 16.1 Å². The van der Waals surface area contributed by atoms with Crippen molar-refractivity contribution in [3.63, 3.8) is 0 Å². The predicted molar refractivity (Wildman–Crippen MR) is 83.4 cm³/mol. The number of aryl methyl sites for hydroxylation is 1. The van der Waals surface area contributed by atoms with E-state index in [9.17, 15) is 12.8 Å². The van der Waals surface area contributed by atoms with E-state index in [0.717, 1.165) is 9.54 Å². The summed E-state index contributed by atoms with van der Waals surface area (Å²) < 4.78 is 41.0. The van der Waals surface area contributed by atoms with Gasteiger partial charge >= 0.3 is 0 Å². The van der Waals surface area contributed by atoms with Crippen molar-refractivity contribution in [3.05, 3.63) is 64.5 Å². The zero-order valence-electron chi connectivity index (χ0n) is 11.0. The lowest BCUT2D eigenvalue weighted by atomic mass is 10.2. The van der Waals surface area contributed by atoms with Gasteiger partial charge in [0.2, 0.25) is 0 Å². The molecule has 3 aromatic rings. The van der Waals surface area contributed by atoms with Crippen LogP contribution in [0.25, 0.3) is 10.9 Å². The highest BCUT2D eigenvalue weighted by molar-refractivity contribution is 9.10. The van der Waals surface area contributed by atoms with Crippen molar-refractivity contribution >= 4 is 36.9 Å². The Bertz CT molecular complexity index is 930. The molecule has 0 atom stereocenters. The van der Waals surface area contributed by atoms with Crippen LogP contribution >= 0.6 is 15.9 Å². The summed E-state index contributed by atoms with van der Waals surface area (Å²) in [5, 5.41) is 0.519. The Morgan fingerprint density at radius 2 is 1.76 bits per heavy atom. The molecular formula is C15H11BrFNO2S. The molecule has 3 rings (SSSR count). The van der Waals surface area contributed by atoms with Crippen LogP contribution in [-0.4, -0.2) is 12.4 Å². The summed E-state index contributed by atoms with van der Waals surface area (Å²) >= 11 is 3.28. The molecule has 0 aliphatic heterocycles. The van der Waals surface area contributed by atoms with Gasteiger partial charge in [-0.25, -0.2) is 16.8 Å². The quantitative estimate of drug-likeness (QED) is 0.684. The topological polar surface area (TPSA) is 39.1 Å². The molecule has 0 bridgehead atoms. The molecule has 0 fully saturated rings. The van der Waals surface area contributed by atoms with E-state index in [-0.39, 0.29) is 10.4 Å². The second kappa shape index (κ2) is 4.96. The van der Waals surface area contributed by atoms with Crippen LogP contribution in [0.5, 0.6) is 0 Å². The van der Waals surface area contributed by atoms with E-state index in [4.69, 9.17) is 0 Å². The molecule has 21 heavy (non-hydrogen) atoms. The van der Waals surface area contributed by atoms with E-state index in [2.05, 4.69) is 15.9 Å². The zero-order valence-corrected chi connectivity index (χ0v) is 13.4. The third-order valence-electron chi connectivity index (χ3n) is 3.27. The summed E-state index contributed by atoms with van der Waals surface area (Å²) in [4.78, 5) is 0.126. The van der Waals surface area contributed by atoms with Crippen LogP contribution in [-0.2, 0) is 10.0 Å². The fourth-order valence-electron chi connectivity index (χ4n) is 2.18. The molecule has 2 aromatic carbocycles. The van der Waals surface area contributed by atoms with E-state index in [1.54, 1.807) is 24.3 Å². The monoisotopic (exact) mass is 367 g/mol. The number of fused-ring (bicyclic) bond motifs is 1. The third-order valence-corrected chi connectivity index (χ3v) is 5.58. The van der Waals surface area contributed by atoms with E-state index in [1.165, 1.54) is 24.4 Å². The number of hydrogen-bond donors (Lipinski definition) is 0. The van der Waals surface area contributed by atoms with Crippen LogP contribution < -0.4 is 0 Å². The zero-order chi connectivity index (χ0) is 15.2. The largest absolute Gasteiger partial charge is 0.268 e. The van der Waals surface area contributed by atoms with Gasteiger partial charge in [-0.15, -0.1) is 0 Å². The second-order valence-corrected chi connectivity index (χ2v) is 7.40. The average molecular weight is 368 g/mol. The van der Waals surface area contributed by atoms with Crippen molar-refractivity contribution in [2.45, 2.75) is 11.8 Å². The van der Waals surface area contributed by atoms with E-state index < -0.39 is 15.8 Å². The third kappa shape index (κ3) is 2.28. The number of para-hydroxylation sites is 1. The summed E-state index contributed by atoms with van der Waals surface area (Å²) in [7, 11) is -3.84. The Hall–Kier alpha value is -1.66. The van der Waals surface area contributed by atoms with Crippen LogP contribution in [0, 0.1) is 12.7 Å². The van der Waals surface area contributed by atoms with E-state index in [1.807, 2.05) is 6.92 Å². The van der Waals surface area contributed by atoms with Gasteiger partial charge in [0.05, 0.1) is 4.90 Å². The van der Waals surface area contributed by atoms with Gasteiger partial charge in [0.15, 0.2) is 0 Å². The molecule has 0 aliphatic carbocycles. The summed E-state index contributed by atoms with van der Waals surface area (Å²) in [6.45, 7) is 1.87. The van der Waals surface area contributed by atoms with Gasteiger partial charge in [-0.3, -0.25) is 0 Å². The minimum atomic E-state index is -3.84. The minimum absolute atomic E-state index is 0.0463. The highest BCUT2D eigenvalue weighted by atomic mass is 79.9. The van der Waals surface area contributed by atoms with Crippen molar-refractivity contribution in [2.24, 2.45) is 0 Å². The Labute approximate surface area is 130 Å². The standard InChI is InChI=1S/C15H11BrFNO2S/c1-10-5-7-11(8-6-10)21(19,20)18-9-13(16)12-3-2-4-14(17)15(12)18/h2-9H,1H3. The molecule has 0 aliphatic rings. The first-order valence-electron chi connectivity index (χ1n) is 6.18. The molecule has 3 nitrogen and oxygen atoms in total. The smallest absolute Gasteiger partial charge is 0.237 e. The van der Waals surface area contributed by atoms with Gasteiger partial charge in [0.1, 0.15) is 11.3 Å². The fourth-order valence-corrected chi connectivity index (χ4v) is 4.22. The molecule has 6 heteroatoms. The molecule has 0 amide bonds. The summed E-state index contributed by atoms with van der Waals surface area (Å²) in [5.74, 6) is -0.575. The Kier molecular flexibility index (Phi) is 3.37. The molecular weight excluding hydrogens is 357 g/mol. The molecule has 0 saturated heterocycles. The number of benzene rings is 2. The first-order valence-corrected chi connectivity index (χ1v) is 8.42. The number of hydrogen-bond acceptors (Lipinski definition) is 2. The number of rotatable bonds is 2. The van der Waals surface area contributed by atoms with Gasteiger partial charge in [-0.05, 0) is 41.1 Å². The maximum atomic E-state index is 14.1. The highest BCUT2D eigenvalue weighted by Crippen LogP contribution is 2.31. The first kappa shape index (κ1) is 14.3. The molecule has 0 saturated carbocycles. The minimum Gasteiger partial charge on any atom is -0.237 e. The maximum Gasteiger partial charge on any atom is 0.268 e. The van der Waals surface area contributed by atoms with Crippen molar-refractivity contribution in [1.29, 1.82) is 0 Å². The van der Waals surface area contributed by atoms with Gasteiger partial charge in [-0.2, -0.15) is 0 Å². The van der Waals surface area contributed by atoms with Crippen molar-refractivity contribution in [1.82, 2.24) is 3.97 Å². The van der Waals surface area contributed by atoms with Crippen LogP contribution in [0.15, 0.2) is 58.0 Å². The lowest BCUT2D eigenvalue weighted by Gasteiger charge is -2.08. The number of nitrogens with zero attached hydrogens (tertiary/aromatic N) is 1. The summed E-state index contributed by atoms with van der Waals surface area (Å²) in [6.07, 6.45) is 1.38. The molecule has 1 heterocycles. The molecule has 1 aromatic heterocycles. The van der Waals surface area contributed by atoms with E-state index >= 15 is 0 Å². The molecule has 0 N–H and O–H groups in total. The number of aromatic nitrogens is 1. The van der Waals surface area contributed by atoms with Crippen molar-refractivity contribution < 1.29 is 12.8 Å². The lowest BCUT2D eigenvalue weighted by molar-refractivity contribution is 0.586. The number of halogens is 2. The Morgan fingerprint density at radius 3 is 2.43 bits per heavy atom. The van der Waals surface area contributed by atoms with Gasteiger partial charge in [0.25, 0.3) is 10.0 Å². The van der Waals surface area contributed by atoms with Gasteiger partial charge < -0.3 is 0 Å². The molecule has 108 valence electrons. The Morgan fingerprint density at radius 1 is 1.10 bits per heavy atom. The summed E-state index contributed by atoms with van der Waals surface area (Å²) in [5.41, 5.74) is 1.00. The van der Waals surface area contributed by atoms with E-state index in [0.29, 0.717) is 9.86 Å². The molecule has 0 radical (unpaired) electrons. The average Bonchev–Trinajstić information content (AvgIpc) is 2.79. The predicted octanol–water partition coefficient (Wildman–Crippen LogP) is 4.09. The normalized spacial score (nSPS) is 12.0. The van der Waals surface area contributed by atoms with Crippen molar-refractivity contribution in [3.8, 4) is 0 Å². The van der Waals surface area contributed by atoms with Crippen LogP contribution in [0.4, 0.5) is 4.39 Å². The Balaban J connectivity index is 2.32.